The van der Waals surface area contributed by atoms with Crippen molar-refractivity contribution in [1.82, 2.24) is 15.5 Å². The summed E-state index contributed by atoms with van der Waals surface area (Å²) >= 11 is 0. The summed E-state index contributed by atoms with van der Waals surface area (Å²) in [5, 5.41) is 6.79. The van der Waals surface area contributed by atoms with Crippen molar-refractivity contribution in [1.29, 1.82) is 0 Å². The molecule has 2 unspecified atom stereocenters. The Labute approximate surface area is 198 Å². The molecule has 9 heteroatoms. The second-order valence-electron chi connectivity index (χ2n) is 7.98. The molecule has 0 spiro atoms. The molecule has 3 rings (SSSR count). The Morgan fingerprint density at radius 1 is 1.20 bits per heavy atom. The number of hydrogen-bond acceptors (Lipinski definition) is 5. The fourth-order valence-electron chi connectivity index (χ4n) is 3.93. The number of ether oxygens (including phenoxy) is 1. The molecule has 30 heavy (non-hydrogen) atoms. The highest BCUT2D eigenvalue weighted by atomic mass is 127. The molecule has 1 aromatic rings. The molecule has 2 saturated heterocycles. The maximum atomic E-state index is 11.5. The van der Waals surface area contributed by atoms with Crippen molar-refractivity contribution in [2.24, 2.45) is 10.9 Å². The van der Waals surface area contributed by atoms with E-state index in [9.17, 15) is 8.42 Å². The number of aryl methyl sites for hydroxylation is 1. The van der Waals surface area contributed by atoms with Gasteiger partial charge in [0, 0.05) is 52.3 Å². The number of nitrogens with one attached hydrogen (secondary N) is 2. The molecule has 2 heterocycles. The highest BCUT2D eigenvalue weighted by Gasteiger charge is 2.27. The average molecular weight is 551 g/mol. The normalized spacial score (nSPS) is 24.7. The Bertz CT molecular complexity index is 772. The molecule has 1 aromatic carbocycles. The SMILES string of the molecule is CN=C(NCCN1CCS(=O)(=O)CC1)NCC1CCCOC1c1ccc(C)cc1.I. The number of hydrogen-bond donors (Lipinski definition) is 2. The quantitative estimate of drug-likeness (QED) is 0.320. The molecule has 0 amide bonds. The molecule has 2 fully saturated rings. The van der Waals surface area contributed by atoms with Crippen LogP contribution in [0.5, 0.6) is 0 Å². The minimum atomic E-state index is -2.82. The lowest BCUT2D eigenvalue weighted by Gasteiger charge is -2.33. The Morgan fingerprint density at radius 3 is 2.57 bits per heavy atom. The monoisotopic (exact) mass is 550 g/mol. The molecule has 0 radical (unpaired) electrons. The molecule has 0 saturated carbocycles. The van der Waals surface area contributed by atoms with E-state index in [1.165, 1.54) is 11.1 Å². The predicted molar refractivity (Wildman–Crippen MR) is 132 cm³/mol. The summed E-state index contributed by atoms with van der Waals surface area (Å²) in [4.78, 5) is 6.51. The van der Waals surface area contributed by atoms with Crippen LogP contribution >= 0.6 is 24.0 Å². The fourth-order valence-corrected chi connectivity index (χ4v) is 5.21. The summed E-state index contributed by atoms with van der Waals surface area (Å²) in [5.74, 6) is 1.71. The molecular weight excluding hydrogens is 515 g/mol. The molecule has 2 N–H and O–H groups in total. The number of rotatable bonds is 6. The maximum Gasteiger partial charge on any atom is 0.191 e. The van der Waals surface area contributed by atoms with Crippen molar-refractivity contribution in [2.75, 3.05) is 57.9 Å². The Balaban J connectivity index is 0.00000320. The van der Waals surface area contributed by atoms with E-state index in [0.717, 1.165) is 45.0 Å². The first-order valence-electron chi connectivity index (χ1n) is 10.5. The minimum Gasteiger partial charge on any atom is -0.373 e. The van der Waals surface area contributed by atoms with Crippen LogP contribution in [-0.2, 0) is 14.6 Å². The molecule has 0 aromatic heterocycles. The number of benzene rings is 1. The number of guanidine groups is 1. The van der Waals surface area contributed by atoms with Gasteiger partial charge in [0.05, 0.1) is 17.6 Å². The van der Waals surface area contributed by atoms with Gasteiger partial charge >= 0.3 is 0 Å². The summed E-state index contributed by atoms with van der Waals surface area (Å²) in [7, 11) is -1.05. The third-order valence-corrected chi connectivity index (χ3v) is 7.37. The van der Waals surface area contributed by atoms with Crippen LogP contribution in [0.15, 0.2) is 29.3 Å². The van der Waals surface area contributed by atoms with Crippen LogP contribution in [0.3, 0.4) is 0 Å². The lowest BCUT2D eigenvalue weighted by Crippen LogP contribution is -2.47. The summed E-state index contributed by atoms with van der Waals surface area (Å²) in [6, 6.07) is 8.63. The zero-order chi connectivity index (χ0) is 20.7. The van der Waals surface area contributed by atoms with Crippen LogP contribution in [-0.4, -0.2) is 77.2 Å². The van der Waals surface area contributed by atoms with Gasteiger partial charge in [-0.1, -0.05) is 29.8 Å². The van der Waals surface area contributed by atoms with Crippen molar-refractivity contribution in [3.63, 3.8) is 0 Å². The van der Waals surface area contributed by atoms with E-state index in [1.807, 2.05) is 0 Å². The number of halogens is 1. The average Bonchev–Trinajstić information content (AvgIpc) is 2.72. The molecule has 170 valence electrons. The number of nitrogens with zero attached hydrogens (tertiary/aromatic N) is 2. The van der Waals surface area contributed by atoms with E-state index >= 15 is 0 Å². The van der Waals surface area contributed by atoms with Crippen LogP contribution in [0, 0.1) is 12.8 Å². The topological polar surface area (TPSA) is 83.0 Å². The lowest BCUT2D eigenvalue weighted by molar-refractivity contribution is -0.0265. The van der Waals surface area contributed by atoms with E-state index in [2.05, 4.69) is 51.7 Å². The first kappa shape index (κ1) is 25.4. The molecule has 0 bridgehead atoms. The van der Waals surface area contributed by atoms with E-state index < -0.39 is 9.84 Å². The number of aliphatic imine (C=N–C) groups is 1. The van der Waals surface area contributed by atoms with Crippen molar-refractivity contribution in [2.45, 2.75) is 25.9 Å². The van der Waals surface area contributed by atoms with Gasteiger partial charge in [0.15, 0.2) is 15.8 Å². The smallest absolute Gasteiger partial charge is 0.191 e. The summed E-state index contributed by atoms with van der Waals surface area (Å²) in [5.41, 5.74) is 2.50. The number of sulfone groups is 1. The zero-order valence-electron chi connectivity index (χ0n) is 18.0. The fraction of sp³-hybridized carbons (Fsp3) is 0.667. The second-order valence-corrected chi connectivity index (χ2v) is 10.3. The molecule has 2 aliphatic heterocycles. The van der Waals surface area contributed by atoms with Gasteiger partial charge in [-0.15, -0.1) is 24.0 Å². The first-order valence-corrected chi connectivity index (χ1v) is 12.3. The summed E-state index contributed by atoms with van der Waals surface area (Å²) in [6.07, 6.45) is 2.33. The molecule has 0 aliphatic carbocycles. The van der Waals surface area contributed by atoms with Crippen LogP contribution in [0.25, 0.3) is 0 Å². The zero-order valence-corrected chi connectivity index (χ0v) is 21.1. The lowest BCUT2D eigenvalue weighted by atomic mass is 9.89. The summed E-state index contributed by atoms with van der Waals surface area (Å²) in [6.45, 7) is 6.51. The molecule has 7 nitrogen and oxygen atoms in total. The van der Waals surface area contributed by atoms with Crippen molar-refractivity contribution in [3.05, 3.63) is 35.4 Å². The van der Waals surface area contributed by atoms with Crippen LogP contribution in [0.2, 0.25) is 0 Å². The van der Waals surface area contributed by atoms with Crippen molar-refractivity contribution in [3.8, 4) is 0 Å². The van der Waals surface area contributed by atoms with Gasteiger partial charge in [-0.2, -0.15) is 0 Å². The van der Waals surface area contributed by atoms with E-state index in [4.69, 9.17) is 4.74 Å². The molecule has 2 aliphatic rings. The minimum absolute atomic E-state index is 0. The Morgan fingerprint density at radius 2 is 1.90 bits per heavy atom. The third-order valence-electron chi connectivity index (χ3n) is 5.76. The van der Waals surface area contributed by atoms with Gasteiger partial charge in [0.2, 0.25) is 0 Å². The van der Waals surface area contributed by atoms with E-state index in [1.54, 1.807) is 7.05 Å². The van der Waals surface area contributed by atoms with Crippen molar-refractivity contribution >= 4 is 39.8 Å². The van der Waals surface area contributed by atoms with Gasteiger partial charge in [0.1, 0.15) is 0 Å². The standard InChI is InChI=1S/C21H34N4O3S.HI/c1-17-5-7-18(8-6-17)20-19(4-3-13-28-20)16-24-21(22-2)23-9-10-25-11-14-29(26,27)15-12-25;/h5-8,19-20H,3-4,9-16H2,1-2H3,(H2,22,23,24);1H. The van der Waals surface area contributed by atoms with Gasteiger partial charge < -0.3 is 15.4 Å². The molecular formula is C21H35IN4O3S. The largest absolute Gasteiger partial charge is 0.373 e. The van der Waals surface area contributed by atoms with Gasteiger partial charge in [-0.05, 0) is 25.3 Å². The third kappa shape index (κ3) is 7.65. The van der Waals surface area contributed by atoms with Crippen molar-refractivity contribution < 1.29 is 13.2 Å². The highest BCUT2D eigenvalue weighted by Crippen LogP contribution is 2.33. The van der Waals surface area contributed by atoms with E-state index in [0.29, 0.717) is 19.0 Å². The van der Waals surface area contributed by atoms with Gasteiger partial charge in [-0.25, -0.2) is 8.42 Å². The predicted octanol–water partition coefficient (Wildman–Crippen LogP) is 1.98. The van der Waals surface area contributed by atoms with Gasteiger partial charge in [0.25, 0.3) is 0 Å². The first-order chi connectivity index (χ1) is 14.0. The van der Waals surface area contributed by atoms with Crippen LogP contribution in [0.4, 0.5) is 0 Å². The highest BCUT2D eigenvalue weighted by molar-refractivity contribution is 14.0. The maximum absolute atomic E-state index is 11.5. The molecule has 2 atom stereocenters. The van der Waals surface area contributed by atoms with Gasteiger partial charge in [-0.3, -0.25) is 9.89 Å². The Hall–Kier alpha value is -0.910. The van der Waals surface area contributed by atoms with Crippen LogP contribution in [0.1, 0.15) is 30.1 Å². The second kappa shape index (κ2) is 12.2. The van der Waals surface area contributed by atoms with E-state index in [-0.39, 0.29) is 41.6 Å². The summed E-state index contributed by atoms with van der Waals surface area (Å²) < 4.78 is 29.2. The van der Waals surface area contributed by atoms with Crippen LogP contribution < -0.4 is 10.6 Å². The Kier molecular flexibility index (Phi) is 10.3.